The van der Waals surface area contributed by atoms with Gasteiger partial charge in [0.15, 0.2) is 0 Å². The third-order valence-electron chi connectivity index (χ3n) is 3.66. The average molecular weight is 304 g/mol. The summed E-state index contributed by atoms with van der Waals surface area (Å²) >= 11 is 0. The van der Waals surface area contributed by atoms with Crippen LogP contribution in [-0.2, 0) is 6.54 Å². The normalized spacial score (nSPS) is 10.3. The lowest BCUT2D eigenvalue weighted by atomic mass is 10.1. The maximum Gasteiger partial charge on any atom is 0.224 e. The summed E-state index contributed by atoms with van der Waals surface area (Å²) in [5.74, 6) is 1.49. The van der Waals surface area contributed by atoms with Crippen LogP contribution in [0.15, 0.2) is 66.9 Å². The highest BCUT2D eigenvalue weighted by molar-refractivity contribution is 5.59. The van der Waals surface area contributed by atoms with E-state index < -0.39 is 0 Å². The van der Waals surface area contributed by atoms with Gasteiger partial charge in [-0.15, -0.1) is 0 Å². The zero-order chi connectivity index (χ0) is 16.1. The Morgan fingerprint density at radius 3 is 2.61 bits per heavy atom. The van der Waals surface area contributed by atoms with Crippen molar-refractivity contribution >= 4 is 17.5 Å². The first-order valence-electron chi connectivity index (χ1n) is 7.63. The Labute approximate surface area is 136 Å². The molecule has 1 aromatic heterocycles. The molecule has 0 aliphatic rings. The van der Waals surface area contributed by atoms with Gasteiger partial charge in [0.1, 0.15) is 5.82 Å². The molecule has 0 spiro atoms. The van der Waals surface area contributed by atoms with Gasteiger partial charge in [0.05, 0.1) is 0 Å². The van der Waals surface area contributed by atoms with Crippen molar-refractivity contribution in [3.63, 3.8) is 0 Å². The van der Waals surface area contributed by atoms with Gasteiger partial charge in [-0.2, -0.15) is 4.98 Å². The van der Waals surface area contributed by atoms with Crippen LogP contribution in [0.4, 0.5) is 17.5 Å². The van der Waals surface area contributed by atoms with Gasteiger partial charge in [-0.05, 0) is 30.7 Å². The van der Waals surface area contributed by atoms with Crippen molar-refractivity contribution in [3.05, 3.63) is 78.0 Å². The zero-order valence-corrected chi connectivity index (χ0v) is 13.4. The van der Waals surface area contributed by atoms with E-state index in [2.05, 4.69) is 58.6 Å². The first-order chi connectivity index (χ1) is 11.2. The maximum atomic E-state index is 4.59. The van der Waals surface area contributed by atoms with Crippen molar-refractivity contribution in [1.82, 2.24) is 9.97 Å². The number of hydrogen-bond donors (Lipinski definition) is 1. The standard InChI is InChI=1S/C19H20N4/c1-15-7-6-8-16(13-15)14-21-19-20-12-11-18(22-19)23(2)17-9-4-3-5-10-17/h3-13H,14H2,1-2H3,(H,20,21,22). The summed E-state index contributed by atoms with van der Waals surface area (Å²) in [5.41, 5.74) is 3.56. The van der Waals surface area contributed by atoms with E-state index in [1.807, 2.05) is 36.2 Å². The quantitative estimate of drug-likeness (QED) is 0.768. The number of hydrogen-bond acceptors (Lipinski definition) is 4. The molecule has 0 aliphatic carbocycles. The van der Waals surface area contributed by atoms with E-state index in [1.54, 1.807) is 6.20 Å². The molecule has 0 radical (unpaired) electrons. The monoisotopic (exact) mass is 304 g/mol. The topological polar surface area (TPSA) is 41.1 Å². The van der Waals surface area contributed by atoms with Crippen molar-refractivity contribution < 1.29 is 0 Å². The van der Waals surface area contributed by atoms with Crippen LogP contribution in [-0.4, -0.2) is 17.0 Å². The SMILES string of the molecule is Cc1cccc(CNc2nccc(N(C)c3ccccc3)n2)c1. The molecule has 1 N–H and O–H groups in total. The van der Waals surface area contributed by atoms with Crippen molar-refractivity contribution in [3.8, 4) is 0 Å². The van der Waals surface area contributed by atoms with Crippen LogP contribution in [0.3, 0.4) is 0 Å². The number of aryl methyl sites for hydroxylation is 1. The summed E-state index contributed by atoms with van der Waals surface area (Å²) < 4.78 is 0. The largest absolute Gasteiger partial charge is 0.350 e. The lowest BCUT2D eigenvalue weighted by molar-refractivity contribution is 1.03. The molecule has 2 aromatic carbocycles. The van der Waals surface area contributed by atoms with E-state index in [-0.39, 0.29) is 0 Å². The minimum atomic E-state index is 0.631. The van der Waals surface area contributed by atoms with E-state index >= 15 is 0 Å². The van der Waals surface area contributed by atoms with Gasteiger partial charge in [-0.1, -0.05) is 48.0 Å². The molecule has 0 amide bonds. The van der Waals surface area contributed by atoms with Crippen molar-refractivity contribution in [2.75, 3.05) is 17.3 Å². The van der Waals surface area contributed by atoms with Crippen LogP contribution >= 0.6 is 0 Å². The Kier molecular flexibility index (Phi) is 4.52. The number of nitrogens with zero attached hydrogens (tertiary/aromatic N) is 3. The predicted molar refractivity (Wildman–Crippen MR) is 95.0 cm³/mol. The molecule has 0 atom stereocenters. The van der Waals surface area contributed by atoms with Gasteiger partial charge >= 0.3 is 0 Å². The highest BCUT2D eigenvalue weighted by Crippen LogP contribution is 2.21. The summed E-state index contributed by atoms with van der Waals surface area (Å²) in [6.45, 7) is 2.80. The highest BCUT2D eigenvalue weighted by atomic mass is 15.2. The lowest BCUT2D eigenvalue weighted by Crippen LogP contribution is -2.13. The number of rotatable bonds is 5. The molecule has 0 saturated heterocycles. The Morgan fingerprint density at radius 1 is 1.00 bits per heavy atom. The molecular weight excluding hydrogens is 284 g/mol. The average Bonchev–Trinajstić information content (AvgIpc) is 2.60. The van der Waals surface area contributed by atoms with E-state index in [1.165, 1.54) is 11.1 Å². The number of anilines is 3. The van der Waals surface area contributed by atoms with Gasteiger partial charge in [0, 0.05) is 25.5 Å². The first-order valence-corrected chi connectivity index (χ1v) is 7.63. The number of aromatic nitrogens is 2. The molecule has 0 bridgehead atoms. The van der Waals surface area contributed by atoms with E-state index in [0.29, 0.717) is 12.5 Å². The summed E-state index contributed by atoms with van der Waals surface area (Å²) in [4.78, 5) is 10.9. The van der Waals surface area contributed by atoms with Gasteiger partial charge in [-0.25, -0.2) is 4.98 Å². The molecule has 0 aliphatic heterocycles. The molecule has 0 saturated carbocycles. The van der Waals surface area contributed by atoms with Gasteiger partial charge in [0.2, 0.25) is 5.95 Å². The number of nitrogens with one attached hydrogen (secondary N) is 1. The third-order valence-corrected chi connectivity index (χ3v) is 3.66. The summed E-state index contributed by atoms with van der Waals surface area (Å²) in [6.07, 6.45) is 1.78. The fourth-order valence-corrected chi connectivity index (χ4v) is 2.41. The first kappa shape index (κ1) is 15.0. The van der Waals surface area contributed by atoms with Crippen LogP contribution < -0.4 is 10.2 Å². The second kappa shape index (κ2) is 6.92. The highest BCUT2D eigenvalue weighted by Gasteiger charge is 2.06. The van der Waals surface area contributed by atoms with Gasteiger partial charge < -0.3 is 10.2 Å². The Hall–Kier alpha value is -2.88. The van der Waals surface area contributed by atoms with E-state index in [9.17, 15) is 0 Å². The predicted octanol–water partition coefficient (Wildman–Crippen LogP) is 4.17. The van der Waals surface area contributed by atoms with Crippen LogP contribution in [0, 0.1) is 6.92 Å². The fourth-order valence-electron chi connectivity index (χ4n) is 2.41. The molecule has 3 rings (SSSR count). The minimum absolute atomic E-state index is 0.631. The molecule has 4 nitrogen and oxygen atoms in total. The molecule has 1 heterocycles. The summed E-state index contributed by atoms with van der Waals surface area (Å²) in [5, 5.41) is 3.29. The molecule has 116 valence electrons. The van der Waals surface area contributed by atoms with Crippen LogP contribution in [0.25, 0.3) is 0 Å². The second-order valence-corrected chi connectivity index (χ2v) is 5.48. The molecule has 4 heteroatoms. The molecule has 3 aromatic rings. The third kappa shape index (κ3) is 3.86. The lowest BCUT2D eigenvalue weighted by Gasteiger charge is -2.18. The Bertz CT molecular complexity index is 771. The van der Waals surface area contributed by atoms with E-state index in [4.69, 9.17) is 0 Å². The second-order valence-electron chi connectivity index (χ2n) is 5.48. The summed E-state index contributed by atoms with van der Waals surface area (Å²) in [7, 11) is 2.00. The Balaban J connectivity index is 1.72. The number of para-hydroxylation sites is 1. The van der Waals surface area contributed by atoms with Crippen LogP contribution in [0.5, 0.6) is 0 Å². The van der Waals surface area contributed by atoms with Gasteiger partial charge in [0.25, 0.3) is 0 Å². The molecule has 23 heavy (non-hydrogen) atoms. The van der Waals surface area contributed by atoms with E-state index in [0.717, 1.165) is 11.5 Å². The Morgan fingerprint density at radius 2 is 1.83 bits per heavy atom. The molecular formula is C19H20N4. The molecule has 0 unspecified atom stereocenters. The zero-order valence-electron chi connectivity index (χ0n) is 13.4. The smallest absolute Gasteiger partial charge is 0.224 e. The fraction of sp³-hybridized carbons (Fsp3) is 0.158. The van der Waals surface area contributed by atoms with Crippen LogP contribution in [0.2, 0.25) is 0 Å². The van der Waals surface area contributed by atoms with Crippen molar-refractivity contribution in [1.29, 1.82) is 0 Å². The molecule has 0 fully saturated rings. The summed E-state index contributed by atoms with van der Waals surface area (Å²) in [6, 6.07) is 20.5. The van der Waals surface area contributed by atoms with Crippen LogP contribution in [0.1, 0.15) is 11.1 Å². The number of benzene rings is 2. The van der Waals surface area contributed by atoms with Crippen molar-refractivity contribution in [2.45, 2.75) is 13.5 Å². The maximum absolute atomic E-state index is 4.59. The minimum Gasteiger partial charge on any atom is -0.350 e. The van der Waals surface area contributed by atoms with Gasteiger partial charge in [-0.3, -0.25) is 0 Å². The van der Waals surface area contributed by atoms with Crippen molar-refractivity contribution in [2.24, 2.45) is 0 Å².